The van der Waals surface area contributed by atoms with E-state index in [2.05, 4.69) is 22.5 Å². The minimum absolute atomic E-state index is 0. The number of hydrogen-bond acceptors (Lipinski definition) is 3. The predicted octanol–water partition coefficient (Wildman–Crippen LogP) is 3.10. The summed E-state index contributed by atoms with van der Waals surface area (Å²) in [5.74, 6) is 0.729. The fraction of sp³-hybridized carbons (Fsp3) is 0.591. The van der Waals surface area contributed by atoms with E-state index in [-0.39, 0.29) is 42.3 Å². The lowest BCUT2D eigenvalue weighted by Crippen LogP contribution is -2.45. The lowest BCUT2D eigenvalue weighted by atomic mass is 10.1. The van der Waals surface area contributed by atoms with Crippen molar-refractivity contribution in [2.45, 2.75) is 47.1 Å². The third kappa shape index (κ3) is 9.77. The summed E-state index contributed by atoms with van der Waals surface area (Å²) in [6, 6.07) is 7.49. The van der Waals surface area contributed by atoms with Gasteiger partial charge in [-0.05, 0) is 44.9 Å². The Hall–Kier alpha value is -1.84. The lowest BCUT2D eigenvalue weighted by Gasteiger charge is -2.25. The molecule has 0 aliphatic rings. The Morgan fingerprint density at radius 1 is 1.00 bits per heavy atom. The Bertz CT molecular complexity index is 660. The molecule has 0 aromatic heterocycles. The molecule has 0 saturated heterocycles. The van der Waals surface area contributed by atoms with Gasteiger partial charge in [-0.25, -0.2) is 4.99 Å². The molecule has 0 heterocycles. The van der Waals surface area contributed by atoms with Crippen LogP contribution in [0.25, 0.3) is 0 Å². The van der Waals surface area contributed by atoms with Gasteiger partial charge < -0.3 is 20.4 Å². The number of nitrogens with one attached hydrogen (secondary N) is 2. The second-order valence-electron chi connectivity index (χ2n) is 6.90. The van der Waals surface area contributed by atoms with Gasteiger partial charge in [-0.3, -0.25) is 9.59 Å². The number of hydrogen-bond donors (Lipinski definition) is 2. The summed E-state index contributed by atoms with van der Waals surface area (Å²) in [6.45, 7) is 11.6. The van der Waals surface area contributed by atoms with Crippen LogP contribution in [0.2, 0.25) is 0 Å². The minimum atomic E-state index is -0.0449. The second kappa shape index (κ2) is 15.9. The molecule has 2 amide bonds. The van der Waals surface area contributed by atoms with Crippen LogP contribution in [0.4, 0.5) is 0 Å². The number of benzene rings is 1. The van der Waals surface area contributed by atoms with E-state index in [9.17, 15) is 9.59 Å². The van der Waals surface area contributed by atoms with Gasteiger partial charge in [0, 0.05) is 38.8 Å². The van der Waals surface area contributed by atoms with Crippen molar-refractivity contribution < 1.29 is 9.59 Å². The summed E-state index contributed by atoms with van der Waals surface area (Å²) in [5, 5.41) is 6.15. The van der Waals surface area contributed by atoms with Crippen molar-refractivity contribution in [1.82, 2.24) is 20.4 Å². The summed E-state index contributed by atoms with van der Waals surface area (Å²) >= 11 is 0. The second-order valence-corrected chi connectivity index (χ2v) is 6.90. The molecule has 0 aliphatic heterocycles. The standard InChI is InChI=1S/C22H37N5O2.HI/c1-6-10-15-24-21(29)19-13-11-18(12-14-19)16-25-22(23-7-2)26(5)17-20(28)27(8-3)9-4;/h11-14H,6-10,15-17H2,1-5H3,(H,23,25)(H,24,29);1H. The molecule has 0 bridgehead atoms. The third-order valence-corrected chi connectivity index (χ3v) is 4.63. The lowest BCUT2D eigenvalue weighted by molar-refractivity contribution is -0.131. The van der Waals surface area contributed by atoms with Gasteiger partial charge in [0.25, 0.3) is 5.91 Å². The average Bonchev–Trinajstić information content (AvgIpc) is 2.72. The van der Waals surface area contributed by atoms with Crippen molar-refractivity contribution in [1.29, 1.82) is 0 Å². The Labute approximate surface area is 198 Å². The van der Waals surface area contributed by atoms with Crippen LogP contribution in [0, 0.1) is 0 Å². The first-order valence-electron chi connectivity index (χ1n) is 10.6. The highest BCUT2D eigenvalue weighted by Crippen LogP contribution is 2.07. The number of amides is 2. The zero-order valence-corrected chi connectivity index (χ0v) is 21.4. The van der Waals surface area contributed by atoms with E-state index in [0.717, 1.165) is 24.9 Å². The Kier molecular flexibility index (Phi) is 15.0. The van der Waals surface area contributed by atoms with Gasteiger partial charge in [-0.1, -0.05) is 25.5 Å². The van der Waals surface area contributed by atoms with Crippen LogP contribution in [-0.2, 0) is 11.3 Å². The first kappa shape index (κ1) is 28.2. The molecule has 30 heavy (non-hydrogen) atoms. The summed E-state index contributed by atoms with van der Waals surface area (Å²) in [5.41, 5.74) is 1.66. The van der Waals surface area contributed by atoms with Crippen LogP contribution in [0.5, 0.6) is 0 Å². The first-order valence-corrected chi connectivity index (χ1v) is 10.6. The van der Waals surface area contributed by atoms with E-state index in [1.165, 1.54) is 0 Å². The van der Waals surface area contributed by atoms with Gasteiger partial charge in [0.1, 0.15) is 0 Å². The molecule has 0 aliphatic carbocycles. The molecule has 0 radical (unpaired) electrons. The first-order chi connectivity index (χ1) is 14.0. The van der Waals surface area contributed by atoms with Crippen molar-refractivity contribution >= 4 is 41.8 Å². The van der Waals surface area contributed by atoms with E-state index in [1.807, 2.05) is 61.9 Å². The largest absolute Gasteiger partial charge is 0.357 e. The maximum atomic E-state index is 12.4. The molecule has 0 saturated carbocycles. The molecule has 1 rings (SSSR count). The molecule has 0 atom stereocenters. The molecule has 0 fully saturated rings. The number of nitrogens with zero attached hydrogens (tertiary/aromatic N) is 3. The van der Waals surface area contributed by atoms with Gasteiger partial charge in [-0.2, -0.15) is 0 Å². The number of aliphatic imine (C=N–C) groups is 1. The Morgan fingerprint density at radius 3 is 2.17 bits per heavy atom. The molecule has 1 aromatic carbocycles. The SMILES string of the molecule is CCCCNC(=O)c1ccc(CN=C(NCC)N(C)CC(=O)N(CC)CC)cc1.I. The normalized spacial score (nSPS) is 10.8. The number of likely N-dealkylation sites (N-methyl/N-ethyl adjacent to an activating group) is 2. The summed E-state index contributed by atoms with van der Waals surface area (Å²) in [7, 11) is 1.87. The number of carbonyl (C=O) groups excluding carboxylic acids is 2. The van der Waals surface area contributed by atoms with Crippen molar-refractivity contribution in [2.24, 2.45) is 4.99 Å². The van der Waals surface area contributed by atoms with Crippen molar-refractivity contribution in [3.05, 3.63) is 35.4 Å². The number of unbranched alkanes of at least 4 members (excludes halogenated alkanes) is 1. The van der Waals surface area contributed by atoms with Gasteiger partial charge in [0.15, 0.2) is 5.96 Å². The predicted molar refractivity (Wildman–Crippen MR) is 134 cm³/mol. The van der Waals surface area contributed by atoms with E-state index in [1.54, 1.807) is 0 Å². The molecule has 7 nitrogen and oxygen atoms in total. The van der Waals surface area contributed by atoms with Gasteiger partial charge in [0.05, 0.1) is 13.1 Å². The number of guanidine groups is 1. The summed E-state index contributed by atoms with van der Waals surface area (Å²) < 4.78 is 0. The van der Waals surface area contributed by atoms with Crippen LogP contribution in [0.3, 0.4) is 0 Å². The van der Waals surface area contributed by atoms with Crippen LogP contribution in [0.1, 0.15) is 56.5 Å². The third-order valence-electron chi connectivity index (χ3n) is 4.63. The van der Waals surface area contributed by atoms with Crippen LogP contribution >= 0.6 is 24.0 Å². The molecule has 170 valence electrons. The highest BCUT2D eigenvalue weighted by molar-refractivity contribution is 14.0. The molecule has 2 N–H and O–H groups in total. The molecule has 1 aromatic rings. The smallest absolute Gasteiger partial charge is 0.251 e. The topological polar surface area (TPSA) is 77.0 Å². The Morgan fingerprint density at radius 2 is 1.63 bits per heavy atom. The number of rotatable bonds is 11. The number of carbonyl (C=O) groups is 2. The quantitative estimate of drug-likeness (QED) is 0.199. The van der Waals surface area contributed by atoms with Crippen LogP contribution in [0.15, 0.2) is 29.3 Å². The highest BCUT2D eigenvalue weighted by atomic mass is 127. The van der Waals surface area contributed by atoms with E-state index < -0.39 is 0 Å². The van der Waals surface area contributed by atoms with Crippen molar-refractivity contribution in [3.8, 4) is 0 Å². The molecular weight excluding hydrogens is 493 g/mol. The van der Waals surface area contributed by atoms with Gasteiger partial charge in [0.2, 0.25) is 5.91 Å². The summed E-state index contributed by atoms with van der Waals surface area (Å²) in [6.07, 6.45) is 2.04. The Balaban J connectivity index is 0.00000841. The van der Waals surface area contributed by atoms with Gasteiger partial charge in [-0.15, -0.1) is 24.0 Å². The fourth-order valence-corrected chi connectivity index (χ4v) is 2.83. The molecular formula is C22H38IN5O2. The maximum absolute atomic E-state index is 12.4. The van der Waals surface area contributed by atoms with Gasteiger partial charge >= 0.3 is 0 Å². The summed E-state index contributed by atoms with van der Waals surface area (Å²) in [4.78, 5) is 32.7. The van der Waals surface area contributed by atoms with E-state index >= 15 is 0 Å². The highest BCUT2D eigenvalue weighted by Gasteiger charge is 2.15. The average molecular weight is 531 g/mol. The van der Waals surface area contributed by atoms with Crippen LogP contribution in [-0.4, -0.2) is 67.3 Å². The maximum Gasteiger partial charge on any atom is 0.251 e. The van der Waals surface area contributed by atoms with E-state index in [4.69, 9.17) is 0 Å². The fourth-order valence-electron chi connectivity index (χ4n) is 2.83. The molecule has 0 unspecified atom stereocenters. The monoisotopic (exact) mass is 531 g/mol. The minimum Gasteiger partial charge on any atom is -0.357 e. The zero-order chi connectivity index (χ0) is 21.6. The molecule has 8 heteroatoms. The van der Waals surface area contributed by atoms with Crippen LogP contribution < -0.4 is 10.6 Å². The van der Waals surface area contributed by atoms with Crippen molar-refractivity contribution in [3.63, 3.8) is 0 Å². The van der Waals surface area contributed by atoms with Crippen molar-refractivity contribution in [2.75, 3.05) is 39.8 Å². The number of halogens is 1. The van der Waals surface area contributed by atoms with E-state index in [0.29, 0.717) is 37.7 Å². The zero-order valence-electron chi connectivity index (χ0n) is 19.0. The molecule has 0 spiro atoms.